The molecule has 0 aromatic carbocycles. The van der Waals surface area contributed by atoms with Gasteiger partial charge in [-0.2, -0.15) is 5.10 Å². The fourth-order valence-corrected chi connectivity index (χ4v) is 3.44. The third-order valence-corrected chi connectivity index (χ3v) is 4.88. The van der Waals surface area contributed by atoms with Crippen LogP contribution in [0, 0.1) is 5.92 Å². The molecule has 3 heterocycles. The van der Waals surface area contributed by atoms with E-state index in [2.05, 4.69) is 15.0 Å². The largest absolute Gasteiger partial charge is 0.368 e. The molecule has 2 fully saturated rings. The van der Waals surface area contributed by atoms with Crippen molar-refractivity contribution in [2.45, 2.75) is 12.3 Å². The Morgan fingerprint density at radius 1 is 1.17 bits per heavy atom. The summed E-state index contributed by atoms with van der Waals surface area (Å²) < 4.78 is 1.81. The van der Waals surface area contributed by atoms with Gasteiger partial charge in [0.2, 0.25) is 5.91 Å². The van der Waals surface area contributed by atoms with E-state index in [9.17, 15) is 4.79 Å². The lowest BCUT2D eigenvalue weighted by Crippen LogP contribution is -2.49. The summed E-state index contributed by atoms with van der Waals surface area (Å²) in [7, 11) is 1.92. The maximum atomic E-state index is 12.7. The number of carbonyl (C=O) groups excluding carboxylic acids is 1. The Morgan fingerprint density at radius 2 is 1.91 bits per heavy atom. The van der Waals surface area contributed by atoms with Gasteiger partial charge in [-0.15, -0.1) is 0 Å². The van der Waals surface area contributed by atoms with Crippen molar-refractivity contribution in [2.24, 2.45) is 13.0 Å². The molecule has 120 valence electrons. The molecular formula is C17H21N5O. The Bertz CT molecular complexity index is 690. The molecule has 1 amide bonds. The number of amides is 1. The van der Waals surface area contributed by atoms with Gasteiger partial charge in [0, 0.05) is 63.4 Å². The molecule has 0 unspecified atom stereocenters. The number of rotatable bonds is 3. The van der Waals surface area contributed by atoms with Gasteiger partial charge < -0.3 is 9.80 Å². The molecule has 1 aliphatic carbocycles. The lowest BCUT2D eigenvalue weighted by molar-refractivity contribution is -0.132. The van der Waals surface area contributed by atoms with E-state index in [0.29, 0.717) is 11.8 Å². The fourth-order valence-electron chi connectivity index (χ4n) is 3.44. The first-order valence-corrected chi connectivity index (χ1v) is 8.14. The Morgan fingerprint density at radius 3 is 2.57 bits per heavy atom. The lowest BCUT2D eigenvalue weighted by atomic mass is 10.1. The van der Waals surface area contributed by atoms with Crippen molar-refractivity contribution < 1.29 is 4.79 Å². The van der Waals surface area contributed by atoms with Crippen molar-refractivity contribution in [1.29, 1.82) is 0 Å². The van der Waals surface area contributed by atoms with Crippen LogP contribution in [0.3, 0.4) is 0 Å². The average molecular weight is 311 g/mol. The van der Waals surface area contributed by atoms with Crippen molar-refractivity contribution in [3.8, 4) is 0 Å². The Labute approximate surface area is 135 Å². The summed E-state index contributed by atoms with van der Waals surface area (Å²) in [6, 6.07) is 4.05. The van der Waals surface area contributed by atoms with Crippen LogP contribution in [0.25, 0.3) is 0 Å². The fraction of sp³-hybridized carbons (Fsp3) is 0.471. The second kappa shape index (κ2) is 5.68. The molecule has 2 atom stereocenters. The number of aromatic nitrogens is 3. The van der Waals surface area contributed by atoms with Gasteiger partial charge in [-0.1, -0.05) is 0 Å². The van der Waals surface area contributed by atoms with Gasteiger partial charge in [-0.25, -0.2) is 0 Å². The van der Waals surface area contributed by atoms with Gasteiger partial charge in [0.1, 0.15) is 0 Å². The highest BCUT2D eigenvalue weighted by molar-refractivity contribution is 5.83. The highest BCUT2D eigenvalue weighted by Gasteiger charge is 2.46. The van der Waals surface area contributed by atoms with Crippen molar-refractivity contribution in [2.75, 3.05) is 31.1 Å². The molecule has 6 nitrogen and oxygen atoms in total. The van der Waals surface area contributed by atoms with Crippen LogP contribution in [0.1, 0.15) is 17.9 Å². The van der Waals surface area contributed by atoms with Gasteiger partial charge in [-0.3, -0.25) is 14.5 Å². The molecule has 0 spiro atoms. The maximum Gasteiger partial charge on any atom is 0.226 e. The van der Waals surface area contributed by atoms with Crippen LogP contribution in [-0.4, -0.2) is 51.8 Å². The second-order valence-corrected chi connectivity index (χ2v) is 6.41. The molecule has 6 heteroatoms. The number of anilines is 1. The molecule has 2 aromatic heterocycles. The van der Waals surface area contributed by atoms with Crippen LogP contribution in [-0.2, 0) is 11.8 Å². The molecule has 0 bridgehead atoms. The molecule has 1 saturated heterocycles. The third kappa shape index (κ3) is 2.81. The highest BCUT2D eigenvalue weighted by atomic mass is 16.2. The summed E-state index contributed by atoms with van der Waals surface area (Å²) in [5, 5.41) is 4.21. The second-order valence-electron chi connectivity index (χ2n) is 6.41. The minimum absolute atomic E-state index is 0.159. The molecule has 1 aliphatic heterocycles. The van der Waals surface area contributed by atoms with Crippen LogP contribution in [0.15, 0.2) is 36.9 Å². The lowest BCUT2D eigenvalue weighted by Gasteiger charge is -2.36. The minimum Gasteiger partial charge on any atom is -0.368 e. The van der Waals surface area contributed by atoms with Crippen LogP contribution in [0.2, 0.25) is 0 Å². The zero-order valence-electron chi connectivity index (χ0n) is 13.3. The normalized spacial score (nSPS) is 23.9. The predicted molar refractivity (Wildman–Crippen MR) is 87.1 cm³/mol. The number of carbonyl (C=O) groups is 1. The summed E-state index contributed by atoms with van der Waals surface area (Å²) in [6.45, 7) is 3.38. The van der Waals surface area contributed by atoms with E-state index < -0.39 is 0 Å². The number of hydrogen-bond donors (Lipinski definition) is 0. The van der Waals surface area contributed by atoms with Crippen molar-refractivity contribution in [1.82, 2.24) is 19.7 Å². The third-order valence-electron chi connectivity index (χ3n) is 4.88. The van der Waals surface area contributed by atoms with Crippen LogP contribution >= 0.6 is 0 Å². The van der Waals surface area contributed by atoms with Crippen molar-refractivity contribution in [3.05, 3.63) is 42.5 Å². The maximum absolute atomic E-state index is 12.7. The van der Waals surface area contributed by atoms with E-state index in [1.165, 1.54) is 11.3 Å². The SMILES string of the molecule is Cn1cc([C@@H]2C[C@@H]2C(=O)N2CCN(c3ccncc3)CC2)cn1. The highest BCUT2D eigenvalue weighted by Crippen LogP contribution is 2.48. The molecule has 2 aliphatic rings. The molecule has 0 N–H and O–H groups in total. The Balaban J connectivity index is 1.33. The topological polar surface area (TPSA) is 54.3 Å². The van der Waals surface area contributed by atoms with Gasteiger partial charge >= 0.3 is 0 Å². The van der Waals surface area contributed by atoms with E-state index in [4.69, 9.17) is 0 Å². The molecule has 4 rings (SSSR count). The summed E-state index contributed by atoms with van der Waals surface area (Å²) in [5.41, 5.74) is 2.38. The van der Waals surface area contributed by atoms with Gasteiger partial charge in [0.15, 0.2) is 0 Å². The first-order valence-electron chi connectivity index (χ1n) is 8.14. The number of pyridine rings is 1. The zero-order valence-corrected chi connectivity index (χ0v) is 13.3. The van der Waals surface area contributed by atoms with Crippen LogP contribution in [0.5, 0.6) is 0 Å². The van der Waals surface area contributed by atoms with E-state index in [1.54, 1.807) is 0 Å². The van der Waals surface area contributed by atoms with Crippen LogP contribution in [0.4, 0.5) is 5.69 Å². The summed E-state index contributed by atoms with van der Waals surface area (Å²) in [6.07, 6.45) is 8.51. The number of nitrogens with zero attached hydrogens (tertiary/aromatic N) is 5. The van der Waals surface area contributed by atoms with Crippen molar-refractivity contribution >= 4 is 11.6 Å². The van der Waals surface area contributed by atoms with E-state index >= 15 is 0 Å². The molecular weight excluding hydrogens is 290 g/mol. The molecule has 0 radical (unpaired) electrons. The standard InChI is InChI=1S/C17H21N5O/c1-20-12-13(11-19-20)15-10-16(15)17(23)22-8-6-21(7-9-22)14-2-4-18-5-3-14/h2-5,11-12,15-16H,6-10H2,1H3/t15-,16-/m0/s1. The first-order chi connectivity index (χ1) is 11.2. The van der Waals surface area contributed by atoms with E-state index in [1.807, 2.05) is 53.5 Å². The summed E-state index contributed by atoms with van der Waals surface area (Å²) >= 11 is 0. The quantitative estimate of drug-likeness (QED) is 0.856. The number of hydrogen-bond acceptors (Lipinski definition) is 4. The monoisotopic (exact) mass is 311 g/mol. The van der Waals surface area contributed by atoms with E-state index in [0.717, 1.165) is 32.6 Å². The van der Waals surface area contributed by atoms with Gasteiger partial charge in [0.25, 0.3) is 0 Å². The smallest absolute Gasteiger partial charge is 0.226 e. The summed E-state index contributed by atoms with van der Waals surface area (Å²) in [5.74, 6) is 0.842. The summed E-state index contributed by atoms with van der Waals surface area (Å²) in [4.78, 5) is 21.1. The van der Waals surface area contributed by atoms with Crippen LogP contribution < -0.4 is 4.90 Å². The molecule has 1 saturated carbocycles. The number of piperazine rings is 1. The number of aryl methyl sites for hydroxylation is 1. The Hall–Kier alpha value is -2.37. The molecule has 23 heavy (non-hydrogen) atoms. The zero-order chi connectivity index (χ0) is 15.8. The minimum atomic E-state index is 0.159. The molecule has 2 aromatic rings. The Kier molecular flexibility index (Phi) is 3.52. The predicted octanol–water partition coefficient (Wildman–Crippen LogP) is 1.27. The van der Waals surface area contributed by atoms with Gasteiger partial charge in [-0.05, 0) is 30.0 Å². The average Bonchev–Trinajstić information content (AvgIpc) is 3.29. The van der Waals surface area contributed by atoms with Crippen molar-refractivity contribution in [3.63, 3.8) is 0 Å². The first kappa shape index (κ1) is 14.2. The van der Waals surface area contributed by atoms with E-state index in [-0.39, 0.29) is 5.92 Å². The van der Waals surface area contributed by atoms with Gasteiger partial charge in [0.05, 0.1) is 6.20 Å².